The molecule has 2 N–H and O–H groups in total. The van der Waals surface area contributed by atoms with E-state index in [1.807, 2.05) is 6.08 Å². The first-order chi connectivity index (χ1) is 6.81. The van der Waals surface area contributed by atoms with E-state index in [1.54, 1.807) is 11.8 Å². The fourth-order valence-corrected chi connectivity index (χ4v) is 1.32. The number of hydrogen-bond acceptors (Lipinski definition) is 3. The van der Waals surface area contributed by atoms with Gasteiger partial charge in [-0.15, -0.1) is 13.0 Å². The number of terminal acetylenes is 1. The Balaban J connectivity index is 3.19. The van der Waals surface area contributed by atoms with E-state index in [2.05, 4.69) is 23.1 Å². The van der Waals surface area contributed by atoms with Crippen molar-refractivity contribution >= 4 is 17.7 Å². The third-order valence-electron chi connectivity index (χ3n) is 1.32. The number of nitrogens with one attached hydrogen (secondary N) is 2. The van der Waals surface area contributed by atoms with Gasteiger partial charge in [-0.25, -0.2) is 0 Å². The van der Waals surface area contributed by atoms with Crippen molar-refractivity contribution in [3.8, 4) is 12.3 Å². The van der Waals surface area contributed by atoms with Crippen molar-refractivity contribution in [2.75, 3.05) is 31.1 Å². The lowest BCUT2D eigenvalue weighted by molar-refractivity contribution is -0.120. The minimum atomic E-state index is -0.0144. The molecule has 0 rings (SSSR count). The Morgan fingerprint density at radius 1 is 1.64 bits per heavy atom. The van der Waals surface area contributed by atoms with Gasteiger partial charge in [0.05, 0.1) is 13.1 Å². The molecule has 1 amide bonds. The molecule has 0 heterocycles. The van der Waals surface area contributed by atoms with Gasteiger partial charge in [0.15, 0.2) is 0 Å². The van der Waals surface area contributed by atoms with Gasteiger partial charge in [0.2, 0.25) is 5.91 Å². The predicted molar refractivity (Wildman–Crippen MR) is 62.2 cm³/mol. The topological polar surface area (TPSA) is 41.1 Å². The molecule has 0 fully saturated rings. The van der Waals surface area contributed by atoms with Crippen LogP contribution in [-0.2, 0) is 4.79 Å². The van der Waals surface area contributed by atoms with Crippen LogP contribution in [0.1, 0.15) is 0 Å². The second-order valence-electron chi connectivity index (χ2n) is 2.52. The van der Waals surface area contributed by atoms with Crippen LogP contribution >= 0.6 is 11.8 Å². The fourth-order valence-electron chi connectivity index (χ4n) is 0.740. The molecule has 0 aromatic heterocycles. The summed E-state index contributed by atoms with van der Waals surface area (Å²) in [7, 11) is 0. The first kappa shape index (κ1) is 13.1. The van der Waals surface area contributed by atoms with E-state index in [4.69, 9.17) is 6.42 Å². The van der Waals surface area contributed by atoms with Crippen molar-refractivity contribution in [1.82, 2.24) is 10.6 Å². The molecule has 0 saturated carbocycles. The Labute approximate surface area is 89.7 Å². The van der Waals surface area contributed by atoms with Crippen molar-refractivity contribution in [3.63, 3.8) is 0 Å². The van der Waals surface area contributed by atoms with Crippen LogP contribution in [-0.4, -0.2) is 37.0 Å². The van der Waals surface area contributed by atoms with Gasteiger partial charge in [-0.3, -0.25) is 10.1 Å². The monoisotopic (exact) mass is 212 g/mol. The van der Waals surface area contributed by atoms with Crippen LogP contribution in [0.25, 0.3) is 0 Å². The maximum atomic E-state index is 11.1. The smallest absolute Gasteiger partial charge is 0.234 e. The zero-order valence-corrected chi connectivity index (χ0v) is 9.03. The first-order valence-electron chi connectivity index (χ1n) is 4.40. The number of carbonyl (C=O) groups is 1. The van der Waals surface area contributed by atoms with Crippen LogP contribution in [0.5, 0.6) is 0 Å². The van der Waals surface area contributed by atoms with E-state index in [0.29, 0.717) is 13.1 Å². The van der Waals surface area contributed by atoms with Crippen LogP contribution < -0.4 is 10.6 Å². The van der Waals surface area contributed by atoms with Gasteiger partial charge in [-0.05, 0) is 0 Å². The molecule has 14 heavy (non-hydrogen) atoms. The Hall–Kier alpha value is -0.920. The Bertz CT molecular complexity index is 211. The van der Waals surface area contributed by atoms with Gasteiger partial charge < -0.3 is 5.32 Å². The largest absolute Gasteiger partial charge is 0.354 e. The van der Waals surface area contributed by atoms with Gasteiger partial charge in [-0.2, -0.15) is 11.8 Å². The highest BCUT2D eigenvalue weighted by Gasteiger charge is 1.97. The molecule has 0 aliphatic heterocycles. The maximum absolute atomic E-state index is 11.1. The Morgan fingerprint density at radius 2 is 2.43 bits per heavy atom. The summed E-state index contributed by atoms with van der Waals surface area (Å²) in [4.78, 5) is 11.1. The van der Waals surface area contributed by atoms with Gasteiger partial charge in [0, 0.05) is 18.1 Å². The SMILES string of the molecule is C#CCNCC(=O)NCCSCC=C. The summed E-state index contributed by atoms with van der Waals surface area (Å²) in [6, 6.07) is 0. The molecule has 0 radical (unpaired) electrons. The van der Waals surface area contributed by atoms with Gasteiger partial charge in [-0.1, -0.05) is 12.0 Å². The second kappa shape index (κ2) is 10.2. The van der Waals surface area contributed by atoms with Crippen molar-refractivity contribution in [2.24, 2.45) is 0 Å². The summed E-state index contributed by atoms with van der Waals surface area (Å²) < 4.78 is 0. The lowest BCUT2D eigenvalue weighted by Crippen LogP contribution is -2.35. The predicted octanol–water partition coefficient (Wildman–Crippen LogP) is 0.245. The minimum Gasteiger partial charge on any atom is -0.354 e. The van der Waals surface area contributed by atoms with Crippen molar-refractivity contribution in [3.05, 3.63) is 12.7 Å². The van der Waals surface area contributed by atoms with Gasteiger partial charge in [0.25, 0.3) is 0 Å². The molecule has 0 saturated heterocycles. The highest BCUT2D eigenvalue weighted by molar-refractivity contribution is 7.99. The normalized spacial score (nSPS) is 9.07. The number of carbonyl (C=O) groups excluding carboxylic acids is 1. The average molecular weight is 212 g/mol. The van der Waals surface area contributed by atoms with Crippen molar-refractivity contribution < 1.29 is 4.79 Å². The van der Waals surface area contributed by atoms with Crippen LogP contribution in [0.4, 0.5) is 0 Å². The number of thioether (sulfide) groups is 1. The summed E-state index contributed by atoms with van der Waals surface area (Å²) >= 11 is 1.74. The molecule has 0 spiro atoms. The molecule has 0 atom stereocenters. The summed E-state index contributed by atoms with van der Waals surface area (Å²) in [5.74, 6) is 4.22. The number of hydrogen-bond donors (Lipinski definition) is 2. The molecule has 0 bridgehead atoms. The number of amides is 1. The maximum Gasteiger partial charge on any atom is 0.234 e. The lowest BCUT2D eigenvalue weighted by atomic mass is 10.5. The van der Waals surface area contributed by atoms with E-state index >= 15 is 0 Å². The molecule has 4 heteroatoms. The van der Waals surface area contributed by atoms with E-state index in [9.17, 15) is 4.79 Å². The highest BCUT2D eigenvalue weighted by atomic mass is 32.2. The summed E-state index contributed by atoms with van der Waals surface area (Å²) in [6.45, 7) is 5.01. The van der Waals surface area contributed by atoms with E-state index in [-0.39, 0.29) is 12.5 Å². The van der Waals surface area contributed by atoms with Crippen LogP contribution in [0, 0.1) is 12.3 Å². The van der Waals surface area contributed by atoms with E-state index in [1.165, 1.54) is 0 Å². The second-order valence-corrected chi connectivity index (χ2v) is 3.67. The third-order valence-corrected chi connectivity index (χ3v) is 2.28. The molecule has 0 aliphatic carbocycles. The molecule has 78 valence electrons. The third kappa shape index (κ3) is 9.17. The first-order valence-corrected chi connectivity index (χ1v) is 5.56. The lowest BCUT2D eigenvalue weighted by Gasteiger charge is -2.04. The minimum absolute atomic E-state index is 0.0144. The Kier molecular flexibility index (Phi) is 9.49. The standard InChI is InChI=1S/C10H16N2OS/c1-3-5-11-9-10(13)12-6-8-14-7-4-2/h1,4,11H,2,5-9H2,(H,12,13). The summed E-state index contributed by atoms with van der Waals surface area (Å²) in [5.41, 5.74) is 0. The summed E-state index contributed by atoms with van der Waals surface area (Å²) in [5, 5.41) is 5.59. The molecular formula is C10H16N2OS. The number of rotatable bonds is 8. The quantitative estimate of drug-likeness (QED) is 0.344. The Morgan fingerprint density at radius 3 is 3.07 bits per heavy atom. The molecule has 0 aromatic rings. The van der Waals surface area contributed by atoms with E-state index < -0.39 is 0 Å². The average Bonchev–Trinajstić information content (AvgIpc) is 2.18. The van der Waals surface area contributed by atoms with Crippen LogP contribution in [0.15, 0.2) is 12.7 Å². The van der Waals surface area contributed by atoms with Crippen molar-refractivity contribution in [1.29, 1.82) is 0 Å². The van der Waals surface area contributed by atoms with Crippen LogP contribution in [0.2, 0.25) is 0 Å². The molecule has 0 unspecified atom stereocenters. The van der Waals surface area contributed by atoms with E-state index in [0.717, 1.165) is 11.5 Å². The van der Waals surface area contributed by atoms with Gasteiger partial charge >= 0.3 is 0 Å². The highest BCUT2D eigenvalue weighted by Crippen LogP contribution is 1.96. The molecule has 0 aromatic carbocycles. The fraction of sp³-hybridized carbons (Fsp3) is 0.500. The molecule has 0 aliphatic rings. The molecular weight excluding hydrogens is 196 g/mol. The van der Waals surface area contributed by atoms with Gasteiger partial charge in [0.1, 0.15) is 0 Å². The molecule has 3 nitrogen and oxygen atoms in total. The van der Waals surface area contributed by atoms with Crippen LogP contribution in [0.3, 0.4) is 0 Å². The van der Waals surface area contributed by atoms with Crippen molar-refractivity contribution in [2.45, 2.75) is 0 Å². The summed E-state index contributed by atoms with van der Waals surface area (Å²) in [6.07, 6.45) is 6.86. The zero-order valence-electron chi connectivity index (χ0n) is 8.21. The zero-order chi connectivity index (χ0) is 10.6.